The van der Waals surface area contributed by atoms with Crippen molar-refractivity contribution in [3.63, 3.8) is 0 Å². The zero-order valence-corrected chi connectivity index (χ0v) is 15.3. The second kappa shape index (κ2) is 9.02. The Balaban J connectivity index is 1.84. The van der Waals surface area contributed by atoms with Crippen LogP contribution in [0.2, 0.25) is 0 Å². The smallest absolute Gasteiger partial charge is 0.320 e. The monoisotopic (exact) mass is 332 g/mol. The van der Waals surface area contributed by atoms with Crippen molar-refractivity contribution in [2.24, 2.45) is 0 Å². The van der Waals surface area contributed by atoms with Crippen molar-refractivity contribution in [3.05, 3.63) is 46.9 Å². The molecule has 0 unspecified atom stereocenters. The Morgan fingerprint density at radius 3 is 2.74 bits per heavy atom. The molecule has 1 fully saturated rings. The minimum absolute atomic E-state index is 0.136. The number of nitrogens with zero attached hydrogens (tertiary/aromatic N) is 2. The number of carbonyl (C=O) groups is 1. The standard InChI is InChI=1S/C19H28N2OS/c1-4-18(17-13-8-14-21(17)19(22)20(2)3)23-15-9-12-16-10-6-5-7-11-16/h4-7,10-11,17H,8-9,12-15H2,1-3H3/b18-4-/t17-/m0/s1. The van der Waals surface area contributed by atoms with E-state index < -0.39 is 0 Å². The second-order valence-electron chi connectivity index (χ2n) is 6.16. The number of carbonyl (C=O) groups excluding carboxylic acids is 1. The highest BCUT2D eigenvalue weighted by Gasteiger charge is 2.32. The van der Waals surface area contributed by atoms with E-state index in [0.29, 0.717) is 0 Å². The molecule has 1 aromatic carbocycles. The summed E-state index contributed by atoms with van der Waals surface area (Å²) < 4.78 is 0. The average Bonchev–Trinajstić information content (AvgIpc) is 3.04. The van der Waals surface area contributed by atoms with E-state index in [-0.39, 0.29) is 12.1 Å². The lowest BCUT2D eigenvalue weighted by Gasteiger charge is -2.29. The van der Waals surface area contributed by atoms with Crippen LogP contribution in [-0.4, -0.2) is 48.3 Å². The molecule has 0 saturated carbocycles. The maximum absolute atomic E-state index is 12.3. The van der Waals surface area contributed by atoms with Crippen LogP contribution in [0.4, 0.5) is 4.79 Å². The molecule has 23 heavy (non-hydrogen) atoms. The van der Waals surface area contributed by atoms with Crippen LogP contribution in [0.15, 0.2) is 41.3 Å². The molecule has 0 N–H and O–H groups in total. The van der Waals surface area contributed by atoms with Gasteiger partial charge in [0.1, 0.15) is 0 Å². The topological polar surface area (TPSA) is 23.6 Å². The van der Waals surface area contributed by atoms with Crippen molar-refractivity contribution < 1.29 is 4.79 Å². The molecule has 2 rings (SSSR count). The van der Waals surface area contributed by atoms with Crippen molar-refractivity contribution in [1.82, 2.24) is 9.80 Å². The van der Waals surface area contributed by atoms with E-state index in [1.54, 1.807) is 4.90 Å². The summed E-state index contributed by atoms with van der Waals surface area (Å²) in [6.07, 6.45) is 6.67. The van der Waals surface area contributed by atoms with Crippen LogP contribution in [0.3, 0.4) is 0 Å². The lowest BCUT2D eigenvalue weighted by molar-refractivity contribution is 0.173. The number of amides is 2. The van der Waals surface area contributed by atoms with Crippen LogP contribution in [0, 0.1) is 0 Å². The van der Waals surface area contributed by atoms with Gasteiger partial charge in [0.15, 0.2) is 0 Å². The fourth-order valence-electron chi connectivity index (χ4n) is 3.03. The number of hydrogen-bond acceptors (Lipinski definition) is 2. The number of thioether (sulfide) groups is 1. The normalized spacial score (nSPS) is 18.3. The largest absolute Gasteiger partial charge is 0.331 e. The first-order chi connectivity index (χ1) is 11.1. The SMILES string of the molecule is C/C=C(\SCCCc1ccccc1)[C@@H]1CCCN1C(=O)N(C)C. The van der Waals surface area contributed by atoms with Crippen LogP contribution in [-0.2, 0) is 6.42 Å². The molecular weight excluding hydrogens is 304 g/mol. The van der Waals surface area contributed by atoms with E-state index in [9.17, 15) is 4.79 Å². The Morgan fingerprint density at radius 1 is 1.35 bits per heavy atom. The predicted octanol–water partition coefficient (Wildman–Crippen LogP) is 4.40. The van der Waals surface area contributed by atoms with Gasteiger partial charge in [-0.25, -0.2) is 4.79 Å². The molecule has 0 aliphatic carbocycles. The summed E-state index contributed by atoms with van der Waals surface area (Å²) in [5, 5.41) is 0. The van der Waals surface area contributed by atoms with Crippen molar-refractivity contribution in [1.29, 1.82) is 0 Å². The fraction of sp³-hybridized carbons (Fsp3) is 0.526. The molecule has 1 heterocycles. The van der Waals surface area contributed by atoms with E-state index in [2.05, 4.69) is 43.3 Å². The number of likely N-dealkylation sites (tertiary alicyclic amines) is 1. The van der Waals surface area contributed by atoms with Crippen LogP contribution >= 0.6 is 11.8 Å². The molecule has 0 aromatic heterocycles. The molecule has 0 radical (unpaired) electrons. The third-order valence-corrected chi connectivity index (χ3v) is 5.55. The first kappa shape index (κ1) is 17.9. The first-order valence-electron chi connectivity index (χ1n) is 8.44. The molecule has 0 spiro atoms. The molecule has 4 heteroatoms. The third kappa shape index (κ3) is 5.03. The van der Waals surface area contributed by atoms with Crippen molar-refractivity contribution in [2.45, 2.75) is 38.6 Å². The number of urea groups is 1. The molecule has 1 saturated heterocycles. The highest BCUT2D eigenvalue weighted by molar-refractivity contribution is 8.03. The summed E-state index contributed by atoms with van der Waals surface area (Å²) in [4.78, 5) is 17.4. The van der Waals surface area contributed by atoms with Gasteiger partial charge in [-0.1, -0.05) is 36.4 Å². The molecule has 3 nitrogen and oxygen atoms in total. The molecule has 1 aromatic rings. The number of allylic oxidation sites excluding steroid dienone is 1. The maximum atomic E-state index is 12.3. The molecule has 0 bridgehead atoms. The number of aryl methyl sites for hydroxylation is 1. The quantitative estimate of drug-likeness (QED) is 0.721. The Bertz CT molecular complexity index is 527. The van der Waals surface area contributed by atoms with Gasteiger partial charge in [-0.05, 0) is 43.9 Å². The molecule has 2 amide bonds. The lowest BCUT2D eigenvalue weighted by atomic mass is 10.1. The van der Waals surface area contributed by atoms with Gasteiger partial charge >= 0.3 is 6.03 Å². The van der Waals surface area contributed by atoms with Gasteiger partial charge in [0.05, 0.1) is 6.04 Å². The average molecular weight is 333 g/mol. The number of benzene rings is 1. The molecule has 1 aliphatic rings. The van der Waals surface area contributed by atoms with E-state index in [1.807, 2.05) is 30.8 Å². The van der Waals surface area contributed by atoms with Gasteiger partial charge in [-0.3, -0.25) is 0 Å². The van der Waals surface area contributed by atoms with Crippen molar-refractivity contribution >= 4 is 17.8 Å². The van der Waals surface area contributed by atoms with Gasteiger partial charge in [0, 0.05) is 25.5 Å². The summed E-state index contributed by atoms with van der Waals surface area (Å²) in [7, 11) is 3.67. The van der Waals surface area contributed by atoms with Crippen LogP contribution in [0.25, 0.3) is 0 Å². The summed E-state index contributed by atoms with van der Waals surface area (Å²) in [5.41, 5.74) is 1.40. The maximum Gasteiger partial charge on any atom is 0.320 e. The summed E-state index contributed by atoms with van der Waals surface area (Å²) >= 11 is 1.92. The zero-order valence-electron chi connectivity index (χ0n) is 14.5. The van der Waals surface area contributed by atoms with Crippen LogP contribution in [0.1, 0.15) is 31.7 Å². The van der Waals surface area contributed by atoms with Gasteiger partial charge in [-0.2, -0.15) is 0 Å². The van der Waals surface area contributed by atoms with E-state index in [1.165, 1.54) is 16.9 Å². The Morgan fingerprint density at radius 2 is 2.09 bits per heavy atom. The van der Waals surface area contributed by atoms with Crippen molar-refractivity contribution in [2.75, 3.05) is 26.4 Å². The minimum Gasteiger partial charge on any atom is -0.331 e. The van der Waals surface area contributed by atoms with Gasteiger partial charge in [-0.15, -0.1) is 11.8 Å². The molecule has 1 atom stereocenters. The molecule has 1 aliphatic heterocycles. The molecular formula is C19H28N2OS. The van der Waals surface area contributed by atoms with E-state index in [0.717, 1.165) is 31.6 Å². The number of hydrogen-bond donors (Lipinski definition) is 0. The van der Waals surface area contributed by atoms with Gasteiger partial charge in [0.25, 0.3) is 0 Å². The van der Waals surface area contributed by atoms with E-state index in [4.69, 9.17) is 0 Å². The minimum atomic E-state index is 0.136. The summed E-state index contributed by atoms with van der Waals surface area (Å²) in [6.45, 7) is 2.97. The van der Waals surface area contributed by atoms with Crippen LogP contribution < -0.4 is 0 Å². The van der Waals surface area contributed by atoms with Gasteiger partial charge in [0.2, 0.25) is 0 Å². The predicted molar refractivity (Wildman–Crippen MR) is 99.8 cm³/mol. The highest BCUT2D eigenvalue weighted by Crippen LogP contribution is 2.32. The second-order valence-corrected chi connectivity index (χ2v) is 7.33. The van der Waals surface area contributed by atoms with E-state index >= 15 is 0 Å². The molecule has 126 valence electrons. The third-order valence-electron chi connectivity index (χ3n) is 4.22. The summed E-state index contributed by atoms with van der Waals surface area (Å²) in [5.74, 6) is 1.11. The summed E-state index contributed by atoms with van der Waals surface area (Å²) in [6, 6.07) is 11.1. The Labute approximate surface area is 144 Å². The zero-order chi connectivity index (χ0) is 16.7. The Hall–Kier alpha value is -1.42. The highest BCUT2D eigenvalue weighted by atomic mass is 32.2. The van der Waals surface area contributed by atoms with Crippen LogP contribution in [0.5, 0.6) is 0 Å². The number of rotatable bonds is 6. The van der Waals surface area contributed by atoms with Gasteiger partial charge < -0.3 is 9.80 Å². The van der Waals surface area contributed by atoms with Crippen molar-refractivity contribution in [3.8, 4) is 0 Å². The fourth-order valence-corrected chi connectivity index (χ4v) is 4.16. The first-order valence-corrected chi connectivity index (χ1v) is 9.43. The Kier molecular flexibility index (Phi) is 7.03. The lowest BCUT2D eigenvalue weighted by Crippen LogP contribution is -2.42.